The first-order chi connectivity index (χ1) is 16.5. The predicted molar refractivity (Wildman–Crippen MR) is 133 cm³/mol. The van der Waals surface area contributed by atoms with Crippen molar-refractivity contribution in [2.75, 3.05) is 0 Å². The fraction of sp³-hybridized carbons (Fsp3) is 0.714. The van der Waals surface area contributed by atoms with E-state index in [9.17, 15) is 24.8 Å². The molecule has 0 spiro atoms. The number of Topliss-reactive ketones (excluding diaryl/α,β-unsaturated/α-hetero) is 1. The Labute approximate surface area is 209 Å². The summed E-state index contributed by atoms with van der Waals surface area (Å²) in [4.78, 5) is 37.4. The summed E-state index contributed by atoms with van der Waals surface area (Å²) in [6.07, 6.45) is 8.20. The summed E-state index contributed by atoms with van der Waals surface area (Å²) < 4.78 is 5.76. The first kappa shape index (κ1) is 28.8. The fourth-order valence-corrected chi connectivity index (χ4v) is 5.90. The summed E-state index contributed by atoms with van der Waals surface area (Å²) in [5.74, 6) is -1.43. The third-order valence-electron chi connectivity index (χ3n) is 7.67. The number of allylic oxidation sites excluding steroid dienone is 2. The topological polar surface area (TPSA) is 130 Å². The first-order valence-corrected chi connectivity index (χ1v) is 13.0. The van der Waals surface area contributed by atoms with Crippen molar-refractivity contribution in [3.05, 3.63) is 23.8 Å². The summed E-state index contributed by atoms with van der Waals surface area (Å²) in [6.45, 7) is 8.03. The quantitative estimate of drug-likeness (QED) is 0.443. The Balaban J connectivity index is 2.31. The summed E-state index contributed by atoms with van der Waals surface area (Å²) in [6, 6.07) is 2.11. The van der Waals surface area contributed by atoms with Crippen LogP contribution in [-0.4, -0.2) is 35.0 Å². The number of hydrogen-bond acceptors (Lipinski definition) is 6. The molecule has 1 amide bonds. The van der Waals surface area contributed by atoms with E-state index in [-0.39, 0.29) is 41.8 Å². The molecule has 194 valence electrons. The number of nitrogens with zero attached hydrogens (tertiary/aromatic N) is 1. The van der Waals surface area contributed by atoms with Crippen molar-refractivity contribution in [1.29, 1.82) is 5.26 Å². The first-order valence-electron chi connectivity index (χ1n) is 13.0. The zero-order chi connectivity index (χ0) is 26.1. The van der Waals surface area contributed by atoms with Gasteiger partial charge in [0, 0.05) is 24.2 Å². The highest BCUT2D eigenvalue weighted by Crippen LogP contribution is 2.37. The minimum absolute atomic E-state index is 0.0852. The van der Waals surface area contributed by atoms with Crippen molar-refractivity contribution in [1.82, 2.24) is 0 Å². The number of cyclic esters (lactones) is 1. The maximum absolute atomic E-state index is 12.7. The van der Waals surface area contributed by atoms with E-state index < -0.39 is 24.1 Å². The van der Waals surface area contributed by atoms with Crippen LogP contribution >= 0.6 is 0 Å². The largest absolute Gasteiger partial charge is 0.461 e. The van der Waals surface area contributed by atoms with Crippen molar-refractivity contribution >= 4 is 17.7 Å². The number of esters is 1. The minimum atomic E-state index is -0.871. The number of nitriles is 1. The number of ketones is 1. The van der Waals surface area contributed by atoms with E-state index in [1.54, 1.807) is 18.2 Å². The number of carbonyl (C=O) groups is 3. The van der Waals surface area contributed by atoms with Crippen molar-refractivity contribution in [3.63, 3.8) is 0 Å². The minimum Gasteiger partial charge on any atom is -0.461 e. The predicted octanol–water partition coefficient (Wildman–Crippen LogP) is 4.24. The summed E-state index contributed by atoms with van der Waals surface area (Å²) >= 11 is 0. The molecular formula is C28H42N2O5. The lowest BCUT2D eigenvalue weighted by molar-refractivity contribution is -0.155. The number of nitrogens with two attached hydrogens (primary N) is 1. The maximum Gasteiger partial charge on any atom is 0.313 e. The Kier molecular flexibility index (Phi) is 11.2. The second-order valence-electron chi connectivity index (χ2n) is 10.9. The molecule has 2 rings (SSSR count). The van der Waals surface area contributed by atoms with Gasteiger partial charge in [0.05, 0.1) is 17.7 Å². The van der Waals surface area contributed by atoms with Crippen LogP contribution < -0.4 is 5.73 Å². The van der Waals surface area contributed by atoms with Gasteiger partial charge in [-0.15, -0.1) is 0 Å². The molecule has 0 aromatic heterocycles. The van der Waals surface area contributed by atoms with Gasteiger partial charge in [0.25, 0.3) is 0 Å². The normalized spacial score (nSPS) is 38.8. The SMILES string of the molecule is CC1CC(C)CC(C)C(O)/C(C#N)=C/C=C/CC(C2CCCC2C(N)=O)OC(=O)CC(=O)C(C)C1. The number of hydrogen-bond donors (Lipinski definition) is 2. The van der Waals surface area contributed by atoms with Crippen LogP contribution in [0.15, 0.2) is 23.8 Å². The van der Waals surface area contributed by atoms with Crippen LogP contribution in [0.4, 0.5) is 0 Å². The third-order valence-corrected chi connectivity index (χ3v) is 7.67. The summed E-state index contributed by atoms with van der Waals surface area (Å²) in [5, 5.41) is 20.3. The van der Waals surface area contributed by atoms with Crippen LogP contribution in [0.5, 0.6) is 0 Å². The number of carbonyl (C=O) groups excluding carboxylic acids is 3. The van der Waals surface area contributed by atoms with Crippen molar-refractivity contribution in [2.24, 2.45) is 41.2 Å². The van der Waals surface area contributed by atoms with E-state index in [0.717, 1.165) is 25.7 Å². The monoisotopic (exact) mass is 486 g/mol. The molecule has 8 unspecified atom stereocenters. The van der Waals surface area contributed by atoms with Gasteiger partial charge in [0.15, 0.2) is 0 Å². The molecule has 0 radical (unpaired) electrons. The molecule has 1 fully saturated rings. The van der Waals surface area contributed by atoms with Crippen molar-refractivity contribution < 1.29 is 24.2 Å². The molecule has 2 aliphatic rings. The van der Waals surface area contributed by atoms with Gasteiger partial charge in [-0.25, -0.2) is 0 Å². The number of amides is 1. The number of aliphatic hydroxyl groups excluding tert-OH is 1. The van der Waals surface area contributed by atoms with Gasteiger partial charge in [0.1, 0.15) is 18.3 Å². The van der Waals surface area contributed by atoms with E-state index in [4.69, 9.17) is 10.5 Å². The van der Waals surface area contributed by atoms with E-state index in [0.29, 0.717) is 30.8 Å². The molecule has 8 atom stereocenters. The molecule has 3 N–H and O–H groups in total. The maximum atomic E-state index is 12.7. The second-order valence-corrected chi connectivity index (χ2v) is 10.9. The average molecular weight is 487 g/mol. The average Bonchev–Trinajstić information content (AvgIpc) is 3.27. The van der Waals surface area contributed by atoms with Crippen LogP contribution in [0.2, 0.25) is 0 Å². The Hall–Kier alpha value is -2.46. The van der Waals surface area contributed by atoms with Crippen LogP contribution in [0.1, 0.15) is 79.1 Å². The van der Waals surface area contributed by atoms with Gasteiger partial charge in [-0.2, -0.15) is 5.26 Å². The molecule has 0 bridgehead atoms. The smallest absolute Gasteiger partial charge is 0.313 e. The number of primary amides is 1. The van der Waals surface area contributed by atoms with Crippen molar-refractivity contribution in [2.45, 2.75) is 91.3 Å². The zero-order valence-corrected chi connectivity index (χ0v) is 21.6. The highest BCUT2D eigenvalue weighted by Gasteiger charge is 2.38. The standard InChI is InChI=1S/C28H42N2O5/c1-17-12-18(2)14-20(4)27(33)21(16-29)8-5-6-11-25(22-9-7-10-23(22)28(30)34)35-26(32)15-24(31)19(3)13-17/h5-6,8,17-20,22-23,25,27,33H,7,9-15H2,1-4H3,(H2,30,34)/b6-5+,21-8+. The molecule has 7 nitrogen and oxygen atoms in total. The van der Waals surface area contributed by atoms with E-state index in [1.807, 2.05) is 13.8 Å². The van der Waals surface area contributed by atoms with Crippen LogP contribution in [0.3, 0.4) is 0 Å². The molecule has 7 heteroatoms. The van der Waals surface area contributed by atoms with Gasteiger partial charge in [0.2, 0.25) is 5.91 Å². The molecule has 1 saturated carbocycles. The molecule has 0 aromatic carbocycles. The molecule has 0 aromatic rings. The van der Waals surface area contributed by atoms with Crippen LogP contribution in [-0.2, 0) is 19.1 Å². The molecular weight excluding hydrogens is 444 g/mol. The molecule has 0 saturated heterocycles. The Bertz CT molecular complexity index is 858. The van der Waals surface area contributed by atoms with Gasteiger partial charge < -0.3 is 15.6 Å². The fourth-order valence-electron chi connectivity index (χ4n) is 5.90. The highest BCUT2D eigenvalue weighted by atomic mass is 16.5. The lowest BCUT2D eigenvalue weighted by atomic mass is 9.82. The molecule has 35 heavy (non-hydrogen) atoms. The number of ether oxygens (including phenoxy) is 1. The molecule has 1 heterocycles. The van der Waals surface area contributed by atoms with Gasteiger partial charge >= 0.3 is 5.97 Å². The van der Waals surface area contributed by atoms with E-state index >= 15 is 0 Å². The molecule has 1 aliphatic heterocycles. The number of rotatable bonds is 2. The van der Waals surface area contributed by atoms with E-state index in [1.165, 1.54) is 0 Å². The number of aliphatic hydroxyl groups is 1. The molecule has 1 aliphatic carbocycles. The van der Waals surface area contributed by atoms with Crippen LogP contribution in [0.25, 0.3) is 0 Å². The Morgan fingerprint density at radius 1 is 1.11 bits per heavy atom. The Morgan fingerprint density at radius 2 is 1.80 bits per heavy atom. The van der Waals surface area contributed by atoms with E-state index in [2.05, 4.69) is 19.9 Å². The lowest BCUT2D eigenvalue weighted by Crippen LogP contribution is -2.36. The third kappa shape index (κ3) is 8.61. The van der Waals surface area contributed by atoms with Gasteiger partial charge in [-0.1, -0.05) is 46.3 Å². The van der Waals surface area contributed by atoms with Crippen molar-refractivity contribution in [3.8, 4) is 6.07 Å². The van der Waals surface area contributed by atoms with Gasteiger partial charge in [-0.05, 0) is 55.9 Å². The van der Waals surface area contributed by atoms with Crippen LogP contribution in [0, 0.1) is 46.8 Å². The van der Waals surface area contributed by atoms with Gasteiger partial charge in [-0.3, -0.25) is 14.4 Å². The zero-order valence-electron chi connectivity index (χ0n) is 21.6. The summed E-state index contributed by atoms with van der Waals surface area (Å²) in [7, 11) is 0. The lowest BCUT2D eigenvalue weighted by Gasteiger charge is -2.27. The summed E-state index contributed by atoms with van der Waals surface area (Å²) in [5.41, 5.74) is 5.89. The highest BCUT2D eigenvalue weighted by molar-refractivity contribution is 5.96. The Morgan fingerprint density at radius 3 is 2.46 bits per heavy atom. The second kappa shape index (κ2) is 13.6.